The molecule has 0 spiro atoms. The Labute approximate surface area is 115 Å². The monoisotopic (exact) mass is 254 g/mol. The summed E-state index contributed by atoms with van der Waals surface area (Å²) in [5.41, 5.74) is 3.78. The van der Waals surface area contributed by atoms with Gasteiger partial charge < -0.3 is 0 Å². The topological polar surface area (TPSA) is 0 Å². The lowest BCUT2D eigenvalue weighted by molar-refractivity contribution is 0.880. The van der Waals surface area contributed by atoms with Crippen LogP contribution in [0.5, 0.6) is 0 Å². The molecule has 0 heterocycles. The Hall–Kier alpha value is -1.47. The zero-order valence-corrected chi connectivity index (χ0v) is 11.5. The van der Waals surface area contributed by atoms with Gasteiger partial charge in [-0.25, -0.2) is 0 Å². The molecule has 1 aromatic carbocycles. The molecule has 0 aliphatic heterocycles. The van der Waals surface area contributed by atoms with Crippen molar-refractivity contribution in [3.63, 3.8) is 0 Å². The van der Waals surface area contributed by atoms with E-state index < -0.39 is 0 Å². The summed E-state index contributed by atoms with van der Waals surface area (Å²) >= 11 is 4.72. The van der Waals surface area contributed by atoms with E-state index >= 15 is 0 Å². The van der Waals surface area contributed by atoms with Gasteiger partial charge in [0.05, 0.1) is 4.75 Å². The summed E-state index contributed by atoms with van der Waals surface area (Å²) in [4.78, 5) is 0. The van der Waals surface area contributed by atoms with Crippen molar-refractivity contribution in [3.8, 4) is 0 Å². The Bertz CT molecular complexity index is 520. The number of benzene rings is 1. The first-order valence-corrected chi connectivity index (χ1v) is 6.56. The van der Waals surface area contributed by atoms with Crippen LogP contribution in [0, 0.1) is 0 Å². The minimum absolute atomic E-state index is 0.130. The molecule has 2 rings (SSSR count). The third-order valence-corrected chi connectivity index (χ3v) is 3.57. The predicted octanol–water partition coefficient (Wildman–Crippen LogP) is 4.61. The Balaban J connectivity index is 2.23. The maximum atomic E-state index is 4.72. The molecular formula is C17H18S. The van der Waals surface area contributed by atoms with Crippen LogP contribution in [0.15, 0.2) is 67.3 Å². The average Bonchev–Trinajstić information content (AvgIpc) is 2.76. The highest BCUT2D eigenvalue weighted by atomic mass is 32.1. The van der Waals surface area contributed by atoms with Gasteiger partial charge in [-0.3, -0.25) is 0 Å². The van der Waals surface area contributed by atoms with Crippen LogP contribution in [-0.2, 0) is 6.42 Å². The Morgan fingerprint density at radius 1 is 1.33 bits per heavy atom. The van der Waals surface area contributed by atoms with E-state index in [0.717, 1.165) is 6.42 Å². The van der Waals surface area contributed by atoms with Gasteiger partial charge in [0.1, 0.15) is 0 Å². The van der Waals surface area contributed by atoms with Gasteiger partial charge >= 0.3 is 0 Å². The van der Waals surface area contributed by atoms with Crippen molar-refractivity contribution in [3.05, 3.63) is 78.4 Å². The van der Waals surface area contributed by atoms with E-state index in [4.69, 9.17) is 12.6 Å². The van der Waals surface area contributed by atoms with Gasteiger partial charge in [0, 0.05) is 0 Å². The molecule has 0 fully saturated rings. The first kappa shape index (κ1) is 13.0. The first-order chi connectivity index (χ1) is 8.63. The molecule has 0 radical (unpaired) electrons. The van der Waals surface area contributed by atoms with Crippen LogP contribution in [0.1, 0.15) is 18.1 Å². The second-order valence-electron chi connectivity index (χ2n) is 4.67. The summed E-state index contributed by atoms with van der Waals surface area (Å²) in [6.07, 6.45) is 13.2. The van der Waals surface area contributed by atoms with Crippen molar-refractivity contribution in [2.45, 2.75) is 18.1 Å². The largest absolute Gasteiger partial charge is 0.164 e. The average molecular weight is 254 g/mol. The third kappa shape index (κ3) is 3.05. The van der Waals surface area contributed by atoms with Crippen molar-refractivity contribution < 1.29 is 0 Å². The maximum absolute atomic E-state index is 4.72. The highest BCUT2D eigenvalue weighted by Gasteiger charge is 2.21. The SMILES string of the molecule is C=C/C=C(\C)c1cccc(CC2(S)C=CC=C2)c1. The highest BCUT2D eigenvalue weighted by molar-refractivity contribution is 7.82. The zero-order valence-electron chi connectivity index (χ0n) is 10.6. The first-order valence-electron chi connectivity index (χ1n) is 6.11. The van der Waals surface area contributed by atoms with Crippen LogP contribution in [-0.4, -0.2) is 4.75 Å². The Morgan fingerprint density at radius 2 is 2.06 bits per heavy atom. The molecule has 1 heteroatoms. The normalized spacial score (nSPS) is 17.1. The molecule has 0 atom stereocenters. The highest BCUT2D eigenvalue weighted by Crippen LogP contribution is 2.28. The molecular weight excluding hydrogens is 236 g/mol. The minimum Gasteiger partial charge on any atom is -0.164 e. The Kier molecular flexibility index (Phi) is 3.93. The molecule has 0 N–H and O–H groups in total. The quantitative estimate of drug-likeness (QED) is 0.588. The van der Waals surface area contributed by atoms with E-state index in [1.54, 1.807) is 0 Å². The van der Waals surface area contributed by atoms with Gasteiger partial charge in [-0.15, -0.1) is 0 Å². The van der Waals surface area contributed by atoms with Gasteiger partial charge in [0.25, 0.3) is 0 Å². The lowest BCUT2D eigenvalue weighted by Gasteiger charge is -2.18. The van der Waals surface area contributed by atoms with E-state index in [1.165, 1.54) is 16.7 Å². The van der Waals surface area contributed by atoms with E-state index in [1.807, 2.05) is 12.2 Å². The summed E-state index contributed by atoms with van der Waals surface area (Å²) in [5, 5.41) is 0. The van der Waals surface area contributed by atoms with Crippen molar-refractivity contribution in [2.24, 2.45) is 0 Å². The zero-order chi connectivity index (χ0) is 13.0. The van der Waals surface area contributed by atoms with Crippen LogP contribution >= 0.6 is 12.6 Å². The summed E-state index contributed by atoms with van der Waals surface area (Å²) < 4.78 is -0.130. The van der Waals surface area contributed by atoms with Crippen LogP contribution < -0.4 is 0 Å². The summed E-state index contributed by atoms with van der Waals surface area (Å²) in [6.45, 7) is 5.84. The van der Waals surface area contributed by atoms with Crippen molar-refractivity contribution >= 4 is 18.2 Å². The molecule has 92 valence electrons. The second kappa shape index (κ2) is 5.45. The molecule has 0 saturated carbocycles. The lowest BCUT2D eigenvalue weighted by atomic mass is 9.96. The maximum Gasteiger partial charge on any atom is 0.0534 e. The van der Waals surface area contributed by atoms with Gasteiger partial charge in [0.15, 0.2) is 0 Å². The smallest absolute Gasteiger partial charge is 0.0534 e. The predicted molar refractivity (Wildman–Crippen MR) is 84.0 cm³/mol. The van der Waals surface area contributed by atoms with E-state index in [-0.39, 0.29) is 4.75 Å². The van der Waals surface area contributed by atoms with Gasteiger partial charge in [-0.1, -0.05) is 67.3 Å². The standard InChI is InChI=1S/C17H18S/c1-3-7-14(2)16-9-6-8-15(12-16)13-17(18)10-4-5-11-17/h3-12,18H,1,13H2,2H3/b14-7+. The molecule has 0 amide bonds. The van der Waals surface area contributed by atoms with Gasteiger partial charge in [-0.2, -0.15) is 12.6 Å². The molecule has 1 aromatic rings. The van der Waals surface area contributed by atoms with Crippen LogP contribution in [0.4, 0.5) is 0 Å². The summed E-state index contributed by atoms with van der Waals surface area (Å²) in [5.74, 6) is 0. The second-order valence-corrected chi connectivity index (χ2v) is 5.50. The molecule has 0 bridgehead atoms. The molecule has 0 unspecified atom stereocenters. The molecule has 0 nitrogen and oxygen atoms in total. The third-order valence-electron chi connectivity index (χ3n) is 3.12. The van der Waals surface area contributed by atoms with E-state index in [9.17, 15) is 0 Å². The van der Waals surface area contributed by atoms with Crippen LogP contribution in [0.25, 0.3) is 5.57 Å². The summed E-state index contributed by atoms with van der Waals surface area (Å²) in [6, 6.07) is 8.62. The van der Waals surface area contributed by atoms with Crippen LogP contribution in [0.3, 0.4) is 0 Å². The number of hydrogen-bond donors (Lipinski definition) is 1. The summed E-state index contributed by atoms with van der Waals surface area (Å²) in [7, 11) is 0. The number of thiol groups is 1. The van der Waals surface area contributed by atoms with Crippen molar-refractivity contribution in [1.82, 2.24) is 0 Å². The molecule has 18 heavy (non-hydrogen) atoms. The van der Waals surface area contributed by atoms with Crippen LogP contribution in [0.2, 0.25) is 0 Å². The van der Waals surface area contributed by atoms with Crippen molar-refractivity contribution in [1.29, 1.82) is 0 Å². The van der Waals surface area contributed by atoms with Gasteiger partial charge in [-0.05, 0) is 30.0 Å². The fourth-order valence-electron chi connectivity index (χ4n) is 2.14. The molecule has 1 aliphatic carbocycles. The number of allylic oxidation sites excluding steroid dienone is 5. The fourth-order valence-corrected chi connectivity index (χ4v) is 2.50. The van der Waals surface area contributed by atoms with Gasteiger partial charge in [0.2, 0.25) is 0 Å². The lowest BCUT2D eigenvalue weighted by Crippen LogP contribution is -2.16. The molecule has 0 aromatic heterocycles. The number of rotatable bonds is 4. The minimum atomic E-state index is -0.130. The van der Waals surface area contributed by atoms with E-state index in [2.05, 4.69) is 62.1 Å². The Morgan fingerprint density at radius 3 is 2.72 bits per heavy atom. The fraction of sp³-hybridized carbons (Fsp3) is 0.176. The molecule has 1 aliphatic rings. The van der Waals surface area contributed by atoms with E-state index in [0.29, 0.717) is 0 Å². The van der Waals surface area contributed by atoms with Crippen molar-refractivity contribution in [2.75, 3.05) is 0 Å². The molecule has 0 saturated heterocycles. The number of hydrogen-bond acceptors (Lipinski definition) is 1.